The van der Waals surface area contributed by atoms with Crippen LogP contribution in [0.4, 0.5) is 0 Å². The van der Waals surface area contributed by atoms with Crippen molar-refractivity contribution in [1.82, 2.24) is 5.32 Å². The van der Waals surface area contributed by atoms with Crippen molar-refractivity contribution in [3.8, 4) is 0 Å². The molecule has 1 aliphatic carbocycles. The molecule has 13 nitrogen and oxygen atoms in total. The van der Waals surface area contributed by atoms with Gasteiger partial charge >= 0.3 is 7.82 Å². The van der Waals surface area contributed by atoms with Gasteiger partial charge in [0.25, 0.3) is 0 Å². The van der Waals surface area contributed by atoms with Crippen molar-refractivity contribution in [2.75, 3.05) is 6.61 Å². The molecule has 0 aliphatic heterocycles. The minimum absolute atomic E-state index is 0.263. The molecule has 14 heteroatoms. The van der Waals surface area contributed by atoms with E-state index < -0.39 is 75.2 Å². The van der Waals surface area contributed by atoms with Crippen LogP contribution in [0.3, 0.4) is 0 Å². The Morgan fingerprint density at radius 3 is 1.47 bits per heavy atom. The van der Waals surface area contributed by atoms with E-state index in [1.165, 1.54) is 109 Å². The summed E-state index contributed by atoms with van der Waals surface area (Å²) in [6.07, 6.45) is 26.6. The number of amides is 1. The maximum Gasteiger partial charge on any atom is 0.472 e. The molecular formula is C46H86NO12P. The number of nitrogens with one attached hydrogen (secondary N) is 1. The highest BCUT2D eigenvalue weighted by molar-refractivity contribution is 7.47. The molecule has 0 radical (unpaired) electrons. The average Bonchev–Trinajstić information content (AvgIpc) is 3.22. The molecule has 1 aliphatic rings. The Hall–Kier alpha value is -1.48. The third kappa shape index (κ3) is 27.6. The Kier molecular flexibility index (Phi) is 33.8. The van der Waals surface area contributed by atoms with Crippen molar-refractivity contribution in [3.05, 3.63) is 36.5 Å². The van der Waals surface area contributed by atoms with E-state index in [9.17, 15) is 50.0 Å². The molecule has 0 saturated heterocycles. The van der Waals surface area contributed by atoms with Gasteiger partial charge in [0.1, 0.15) is 36.6 Å². The van der Waals surface area contributed by atoms with Gasteiger partial charge in [0.15, 0.2) is 0 Å². The summed E-state index contributed by atoms with van der Waals surface area (Å²) in [4.78, 5) is 23.4. The van der Waals surface area contributed by atoms with Crippen LogP contribution in [0.15, 0.2) is 36.5 Å². The minimum Gasteiger partial charge on any atom is -0.393 e. The third-order valence-corrected chi connectivity index (χ3v) is 12.2. The zero-order valence-electron chi connectivity index (χ0n) is 37.1. The first-order chi connectivity index (χ1) is 28.8. The van der Waals surface area contributed by atoms with Gasteiger partial charge in [-0.25, -0.2) is 4.57 Å². The van der Waals surface area contributed by atoms with E-state index in [1.54, 1.807) is 6.08 Å². The first kappa shape index (κ1) is 56.5. The number of hydrogen-bond donors (Lipinski definition) is 9. The van der Waals surface area contributed by atoms with Crippen molar-refractivity contribution >= 4 is 13.7 Å². The summed E-state index contributed by atoms with van der Waals surface area (Å²) < 4.78 is 22.8. The second-order valence-electron chi connectivity index (χ2n) is 16.8. The molecule has 0 spiro atoms. The first-order valence-electron chi connectivity index (χ1n) is 23.5. The van der Waals surface area contributed by atoms with Crippen LogP contribution < -0.4 is 5.32 Å². The van der Waals surface area contributed by atoms with Crippen molar-refractivity contribution in [2.24, 2.45) is 0 Å². The maximum absolute atomic E-state index is 13.0. The van der Waals surface area contributed by atoms with E-state index in [4.69, 9.17) is 9.05 Å². The topological polar surface area (TPSA) is 226 Å². The van der Waals surface area contributed by atoms with E-state index >= 15 is 0 Å². The number of aliphatic hydroxyl groups excluding tert-OH is 7. The van der Waals surface area contributed by atoms with E-state index in [1.807, 2.05) is 0 Å². The highest BCUT2D eigenvalue weighted by Crippen LogP contribution is 2.47. The summed E-state index contributed by atoms with van der Waals surface area (Å²) in [7, 11) is -5.15. The van der Waals surface area contributed by atoms with Crippen LogP contribution in [0.25, 0.3) is 0 Å². The molecule has 0 bridgehead atoms. The Morgan fingerprint density at radius 1 is 0.583 bits per heavy atom. The smallest absolute Gasteiger partial charge is 0.393 e. The first-order valence-corrected chi connectivity index (χ1v) is 25.0. The van der Waals surface area contributed by atoms with Gasteiger partial charge < -0.3 is 46.0 Å². The fraction of sp³-hybridized carbons (Fsp3) is 0.848. The molecule has 1 fully saturated rings. The Labute approximate surface area is 362 Å². The normalized spacial score (nSPS) is 23.7. The third-order valence-electron chi connectivity index (χ3n) is 11.2. The molecule has 0 heterocycles. The highest BCUT2D eigenvalue weighted by Gasteiger charge is 2.51. The van der Waals surface area contributed by atoms with E-state index in [0.29, 0.717) is 12.8 Å². The molecular weight excluding hydrogens is 789 g/mol. The predicted molar refractivity (Wildman–Crippen MR) is 238 cm³/mol. The number of hydrogen-bond acceptors (Lipinski definition) is 11. The Balaban J connectivity index is 2.59. The zero-order valence-corrected chi connectivity index (χ0v) is 38.0. The van der Waals surface area contributed by atoms with Gasteiger partial charge in [-0.1, -0.05) is 159 Å². The number of aliphatic hydroxyl groups is 7. The van der Waals surface area contributed by atoms with E-state index in [2.05, 4.69) is 43.5 Å². The van der Waals surface area contributed by atoms with Gasteiger partial charge in [-0.3, -0.25) is 13.8 Å². The number of rotatable bonds is 38. The van der Waals surface area contributed by atoms with Crippen LogP contribution in [0.5, 0.6) is 0 Å². The van der Waals surface area contributed by atoms with Crippen LogP contribution in [0.2, 0.25) is 0 Å². The quantitative estimate of drug-likeness (QED) is 0.0165. The second-order valence-corrected chi connectivity index (χ2v) is 18.2. The summed E-state index contributed by atoms with van der Waals surface area (Å²) in [5.41, 5.74) is 0. The molecule has 9 N–H and O–H groups in total. The van der Waals surface area contributed by atoms with Crippen LogP contribution in [0, 0.1) is 0 Å². The van der Waals surface area contributed by atoms with Crippen molar-refractivity contribution in [1.29, 1.82) is 0 Å². The predicted octanol–water partition coefficient (Wildman–Crippen LogP) is 7.75. The van der Waals surface area contributed by atoms with Gasteiger partial charge in [-0.15, -0.1) is 0 Å². The van der Waals surface area contributed by atoms with Crippen LogP contribution in [-0.4, -0.2) is 108 Å². The summed E-state index contributed by atoms with van der Waals surface area (Å²) in [5.74, 6) is -0.612. The lowest BCUT2D eigenvalue weighted by atomic mass is 9.85. The largest absolute Gasteiger partial charge is 0.472 e. The summed E-state index contributed by atoms with van der Waals surface area (Å²) >= 11 is 0. The van der Waals surface area contributed by atoms with Crippen LogP contribution in [-0.2, 0) is 18.4 Å². The standard InChI is InChI=1S/C46H86NO12P/c1-3-5-7-9-11-13-15-17-19-20-22-24-26-28-30-32-34-39(49)38(36-58-60(56,57)59-46-44(54)42(52)41(51)43(53)45(46)55)47-40(50)35-37(48)33-31-29-27-25-23-21-18-16-14-12-10-8-6-4-2/h21,23-24,26,32,34,37-39,41-46,48-49,51-55H,3-20,22,25,27-31,33,35-36H2,1-2H3,(H,47,50)(H,56,57)/b23-21-,26-24+,34-32+. The Morgan fingerprint density at radius 2 is 0.983 bits per heavy atom. The van der Waals surface area contributed by atoms with Crippen LogP contribution >= 0.6 is 7.82 Å². The van der Waals surface area contributed by atoms with Gasteiger partial charge in [0.05, 0.1) is 31.3 Å². The monoisotopic (exact) mass is 876 g/mol. The molecule has 1 amide bonds. The lowest BCUT2D eigenvalue weighted by Gasteiger charge is -2.41. The van der Waals surface area contributed by atoms with Crippen molar-refractivity contribution in [3.63, 3.8) is 0 Å². The van der Waals surface area contributed by atoms with Gasteiger partial charge in [0, 0.05) is 0 Å². The number of phosphoric acid groups is 1. The van der Waals surface area contributed by atoms with Gasteiger partial charge in [-0.05, 0) is 57.8 Å². The number of phosphoric ester groups is 1. The molecule has 8 unspecified atom stereocenters. The SMILES string of the molecule is CCCCCCCCC/C=C\CCCCCC(O)CC(=O)NC(COP(=O)(O)OC1C(O)C(O)C(O)C(O)C1O)C(O)/C=C/CC/C=C/CCCCCCCCCCCC. The number of carbonyl (C=O) groups excluding carboxylic acids is 1. The number of allylic oxidation sites excluding steroid dienone is 5. The summed E-state index contributed by atoms with van der Waals surface area (Å²) in [6.45, 7) is 3.71. The Bertz CT molecular complexity index is 1170. The summed E-state index contributed by atoms with van der Waals surface area (Å²) in [5, 5.41) is 74.4. The van der Waals surface area contributed by atoms with E-state index in [0.717, 1.165) is 51.4 Å². The molecule has 0 aromatic heterocycles. The maximum atomic E-state index is 13.0. The van der Waals surface area contributed by atoms with E-state index in [-0.39, 0.29) is 6.42 Å². The molecule has 352 valence electrons. The lowest BCUT2D eigenvalue weighted by Crippen LogP contribution is -2.64. The van der Waals surface area contributed by atoms with Gasteiger partial charge in [-0.2, -0.15) is 0 Å². The van der Waals surface area contributed by atoms with Crippen molar-refractivity contribution in [2.45, 2.75) is 242 Å². The lowest BCUT2D eigenvalue weighted by molar-refractivity contribution is -0.220. The molecule has 0 aromatic rings. The van der Waals surface area contributed by atoms with Crippen LogP contribution in [0.1, 0.15) is 187 Å². The molecule has 8 atom stereocenters. The average molecular weight is 876 g/mol. The number of carbonyl (C=O) groups is 1. The molecule has 60 heavy (non-hydrogen) atoms. The number of unbranched alkanes of at least 4 members (excludes halogenated alkanes) is 21. The van der Waals surface area contributed by atoms with Crippen molar-refractivity contribution < 1.29 is 59.0 Å². The minimum atomic E-state index is -5.15. The van der Waals surface area contributed by atoms with Gasteiger partial charge in [0.2, 0.25) is 5.91 Å². The highest BCUT2D eigenvalue weighted by atomic mass is 31.2. The molecule has 0 aromatic carbocycles. The molecule has 1 rings (SSSR count). The molecule has 1 saturated carbocycles. The fourth-order valence-corrected chi connectivity index (χ4v) is 8.28. The fourth-order valence-electron chi connectivity index (χ4n) is 7.31. The summed E-state index contributed by atoms with van der Waals surface area (Å²) in [6, 6.07) is -1.26. The zero-order chi connectivity index (χ0) is 44.4. The second kappa shape index (κ2) is 35.9.